The first-order chi connectivity index (χ1) is 9.90. The van der Waals surface area contributed by atoms with Crippen molar-refractivity contribution in [2.24, 2.45) is 0 Å². The second-order valence-electron chi connectivity index (χ2n) is 4.12. The third-order valence-corrected chi connectivity index (χ3v) is 2.32. The molecule has 0 heterocycles. The number of esters is 1. The predicted molar refractivity (Wildman–Crippen MR) is 69.2 cm³/mol. The van der Waals surface area contributed by atoms with Gasteiger partial charge in [0.15, 0.2) is 11.7 Å². The summed E-state index contributed by atoms with van der Waals surface area (Å²) in [6.45, 7) is 0. The van der Waals surface area contributed by atoms with E-state index in [0.717, 1.165) is 0 Å². The van der Waals surface area contributed by atoms with E-state index in [0.29, 0.717) is 0 Å². The van der Waals surface area contributed by atoms with E-state index in [1.807, 2.05) is 0 Å². The third-order valence-electron chi connectivity index (χ3n) is 2.32. The van der Waals surface area contributed by atoms with Gasteiger partial charge in [0.25, 0.3) is 0 Å². The molecule has 0 aromatic carbocycles. The topological polar surface area (TPSA) is 216 Å². The van der Waals surface area contributed by atoms with Crippen LogP contribution in [0.15, 0.2) is 0 Å². The molecule has 0 amide bonds. The van der Waals surface area contributed by atoms with E-state index < -0.39 is 60.5 Å². The number of carboxylic acid groups (broad SMARTS) is 4. The minimum absolute atomic E-state index is 0. The Labute approximate surface area is 157 Å². The average molecular weight is 366 g/mol. The molecule has 0 aliphatic rings. The van der Waals surface area contributed by atoms with Crippen LogP contribution in [0.4, 0.5) is 0 Å². The van der Waals surface area contributed by atoms with E-state index >= 15 is 0 Å². The summed E-state index contributed by atoms with van der Waals surface area (Å²) in [5.74, 6) is -9.64. The standard InChI is InChI=1S/C10H12O12.Ca.2H/c11-3(12)1-10(21,9(19)20)2-4(13)22-6(8(17)18)5(14)7(15)16;;;/h5-6,14,21H,1-2H2,(H,11,12)(H,15,16)(H,17,18)(H,19,20);;;. The molecule has 0 fully saturated rings. The number of aliphatic hydroxyl groups excluding tert-OH is 1. The number of carbonyl (C=O) groups excluding carboxylic acids is 1. The van der Waals surface area contributed by atoms with Gasteiger partial charge in [-0.2, -0.15) is 0 Å². The van der Waals surface area contributed by atoms with Crippen LogP contribution in [0.5, 0.6) is 0 Å². The zero-order chi connectivity index (χ0) is 17.7. The van der Waals surface area contributed by atoms with Crippen molar-refractivity contribution in [3.05, 3.63) is 0 Å². The zero-order valence-electron chi connectivity index (χ0n) is 10.7. The Morgan fingerprint density at radius 3 is 1.70 bits per heavy atom. The number of aliphatic hydroxyl groups is 2. The average Bonchev–Trinajstić information content (AvgIpc) is 2.33. The summed E-state index contributed by atoms with van der Waals surface area (Å²) in [6.07, 6.45) is -8.06. The van der Waals surface area contributed by atoms with Gasteiger partial charge in [-0.1, -0.05) is 0 Å². The van der Waals surface area contributed by atoms with Crippen LogP contribution in [-0.4, -0.2) is 116 Å². The van der Waals surface area contributed by atoms with E-state index in [2.05, 4.69) is 4.74 Å². The Kier molecular flexibility index (Phi) is 9.95. The van der Waals surface area contributed by atoms with Gasteiger partial charge in [-0.3, -0.25) is 9.59 Å². The molecule has 0 radical (unpaired) electrons. The summed E-state index contributed by atoms with van der Waals surface area (Å²) in [6, 6.07) is 0. The first-order valence-electron chi connectivity index (χ1n) is 5.41. The second kappa shape index (κ2) is 9.62. The summed E-state index contributed by atoms with van der Waals surface area (Å²) in [4.78, 5) is 53.7. The van der Waals surface area contributed by atoms with Crippen molar-refractivity contribution in [2.45, 2.75) is 30.7 Å². The SMILES string of the molecule is O=C(O)CC(O)(CC(=O)OC(C(=O)O)C(O)C(=O)O)C(=O)O.[CaH2]. The molecule has 3 unspecified atom stereocenters. The zero-order valence-corrected chi connectivity index (χ0v) is 10.7. The van der Waals surface area contributed by atoms with Gasteiger partial charge in [0.1, 0.15) is 0 Å². The van der Waals surface area contributed by atoms with Crippen LogP contribution in [-0.2, 0) is 28.7 Å². The molecule has 0 aromatic rings. The normalized spacial score (nSPS) is 15.2. The molecule has 0 aliphatic carbocycles. The fourth-order valence-corrected chi connectivity index (χ4v) is 1.27. The second-order valence-corrected chi connectivity index (χ2v) is 4.12. The molecular weight excluding hydrogens is 352 g/mol. The molecule has 23 heavy (non-hydrogen) atoms. The van der Waals surface area contributed by atoms with Gasteiger partial charge in [0, 0.05) is 0 Å². The number of carbonyl (C=O) groups is 5. The Hall–Kier alpha value is -1.47. The molecule has 128 valence electrons. The molecule has 12 nitrogen and oxygen atoms in total. The van der Waals surface area contributed by atoms with Crippen molar-refractivity contribution < 1.29 is 59.3 Å². The fraction of sp³-hybridized carbons (Fsp3) is 0.500. The van der Waals surface area contributed by atoms with Crippen molar-refractivity contribution in [3.8, 4) is 0 Å². The van der Waals surface area contributed by atoms with Gasteiger partial charge in [0.05, 0.1) is 12.8 Å². The van der Waals surface area contributed by atoms with Crippen LogP contribution in [0, 0.1) is 0 Å². The van der Waals surface area contributed by atoms with Crippen molar-refractivity contribution in [3.63, 3.8) is 0 Å². The van der Waals surface area contributed by atoms with Crippen LogP contribution in [0.25, 0.3) is 0 Å². The first-order valence-corrected chi connectivity index (χ1v) is 5.41. The molecule has 13 heteroatoms. The summed E-state index contributed by atoms with van der Waals surface area (Å²) < 4.78 is 4.08. The maximum atomic E-state index is 11.4. The number of hydrogen-bond donors (Lipinski definition) is 6. The number of carboxylic acids is 4. The fourth-order valence-electron chi connectivity index (χ4n) is 1.27. The van der Waals surface area contributed by atoms with Crippen molar-refractivity contribution in [1.82, 2.24) is 0 Å². The summed E-state index contributed by atoms with van der Waals surface area (Å²) in [7, 11) is 0. The van der Waals surface area contributed by atoms with E-state index in [-0.39, 0.29) is 37.7 Å². The van der Waals surface area contributed by atoms with Crippen LogP contribution in [0.3, 0.4) is 0 Å². The molecule has 3 atom stereocenters. The summed E-state index contributed by atoms with van der Waals surface area (Å²) in [5, 5.41) is 52.7. The van der Waals surface area contributed by atoms with Crippen LogP contribution in [0.2, 0.25) is 0 Å². The molecule has 0 spiro atoms. The van der Waals surface area contributed by atoms with Gasteiger partial charge in [-0.15, -0.1) is 0 Å². The molecule has 0 saturated heterocycles. The van der Waals surface area contributed by atoms with Crippen LogP contribution in [0.1, 0.15) is 12.8 Å². The third kappa shape index (κ3) is 7.56. The molecule has 0 bridgehead atoms. The van der Waals surface area contributed by atoms with Crippen molar-refractivity contribution in [1.29, 1.82) is 0 Å². The number of hydrogen-bond acceptors (Lipinski definition) is 8. The maximum absolute atomic E-state index is 11.4. The van der Waals surface area contributed by atoms with Crippen molar-refractivity contribution >= 4 is 67.6 Å². The quantitative estimate of drug-likeness (QED) is 0.171. The van der Waals surface area contributed by atoms with Crippen LogP contribution < -0.4 is 0 Å². The van der Waals surface area contributed by atoms with Crippen molar-refractivity contribution in [2.75, 3.05) is 0 Å². The number of ether oxygens (including phenoxy) is 1. The minimum atomic E-state index is -3.08. The Balaban J connectivity index is 0. The van der Waals surface area contributed by atoms with E-state index in [9.17, 15) is 29.1 Å². The molecule has 0 aliphatic heterocycles. The predicted octanol–water partition coefficient (Wildman–Crippen LogP) is -3.81. The number of aliphatic carboxylic acids is 4. The Morgan fingerprint density at radius 1 is 0.913 bits per heavy atom. The molecular formula is C10H14CaO12. The number of rotatable bonds is 9. The van der Waals surface area contributed by atoms with Gasteiger partial charge in [0.2, 0.25) is 6.10 Å². The Bertz CT molecular complexity index is 502. The molecule has 6 N–H and O–H groups in total. The first kappa shape index (κ1) is 23.8. The van der Waals surface area contributed by atoms with E-state index in [1.54, 1.807) is 0 Å². The Morgan fingerprint density at radius 2 is 1.39 bits per heavy atom. The van der Waals surface area contributed by atoms with Gasteiger partial charge < -0.3 is 35.4 Å². The van der Waals surface area contributed by atoms with E-state index in [4.69, 9.17) is 25.5 Å². The molecule has 0 aromatic heterocycles. The van der Waals surface area contributed by atoms with Gasteiger partial charge >= 0.3 is 67.6 Å². The van der Waals surface area contributed by atoms with E-state index in [1.165, 1.54) is 0 Å². The van der Waals surface area contributed by atoms with Gasteiger partial charge in [-0.25, -0.2) is 14.4 Å². The molecule has 0 rings (SSSR count). The summed E-state index contributed by atoms with van der Waals surface area (Å²) >= 11 is 0. The molecule has 0 saturated carbocycles. The summed E-state index contributed by atoms with van der Waals surface area (Å²) in [5.41, 5.74) is -3.08. The van der Waals surface area contributed by atoms with Gasteiger partial charge in [-0.05, 0) is 0 Å². The van der Waals surface area contributed by atoms with Crippen LogP contribution >= 0.6 is 0 Å². The monoisotopic (exact) mass is 366 g/mol.